The first-order valence-corrected chi connectivity index (χ1v) is 10.7. The van der Waals surface area contributed by atoms with Crippen molar-refractivity contribution in [1.82, 2.24) is 9.80 Å². The molecular formula is C23H32N2O4. The van der Waals surface area contributed by atoms with Crippen LogP contribution >= 0.6 is 0 Å². The molecule has 4 unspecified atom stereocenters. The summed E-state index contributed by atoms with van der Waals surface area (Å²) in [6.07, 6.45) is 4.99. The summed E-state index contributed by atoms with van der Waals surface area (Å²) < 4.78 is 4.82. The molecule has 1 aliphatic heterocycles. The van der Waals surface area contributed by atoms with E-state index in [-0.39, 0.29) is 23.8 Å². The number of likely N-dealkylation sites (N-methyl/N-ethyl adjacent to an activating group) is 1. The number of amides is 2. The molecule has 0 spiro atoms. The highest BCUT2D eigenvalue weighted by atomic mass is 16.5. The van der Waals surface area contributed by atoms with E-state index in [1.165, 1.54) is 7.11 Å². The monoisotopic (exact) mass is 400 g/mol. The van der Waals surface area contributed by atoms with Gasteiger partial charge in [-0.25, -0.2) is 0 Å². The average molecular weight is 401 g/mol. The van der Waals surface area contributed by atoms with Crippen molar-refractivity contribution in [2.75, 3.05) is 20.2 Å². The Bertz CT molecular complexity index is 736. The van der Waals surface area contributed by atoms with Crippen LogP contribution in [-0.2, 0) is 14.3 Å². The summed E-state index contributed by atoms with van der Waals surface area (Å²) in [6, 6.07) is 8.90. The maximum absolute atomic E-state index is 13.5. The van der Waals surface area contributed by atoms with E-state index < -0.39 is 12.0 Å². The van der Waals surface area contributed by atoms with Gasteiger partial charge >= 0.3 is 5.97 Å². The van der Waals surface area contributed by atoms with Crippen LogP contribution < -0.4 is 0 Å². The SMILES string of the molecule is CCN(CC(C)C(=O)OC)C(=O)C1CC2CCCCC2N1C(=O)c1ccccc1. The fourth-order valence-corrected chi connectivity index (χ4v) is 4.89. The number of esters is 1. The Hall–Kier alpha value is -2.37. The highest BCUT2D eigenvalue weighted by molar-refractivity contribution is 5.98. The molecular weight excluding hydrogens is 368 g/mol. The molecule has 1 aliphatic carbocycles. The van der Waals surface area contributed by atoms with Gasteiger partial charge < -0.3 is 14.5 Å². The Morgan fingerprint density at radius 1 is 1.17 bits per heavy atom. The molecule has 6 heteroatoms. The molecule has 0 N–H and O–H groups in total. The van der Waals surface area contributed by atoms with Crippen molar-refractivity contribution in [1.29, 1.82) is 0 Å². The van der Waals surface area contributed by atoms with Crippen LogP contribution in [0.1, 0.15) is 56.3 Å². The lowest BCUT2D eigenvalue weighted by atomic mass is 9.84. The second-order valence-electron chi connectivity index (χ2n) is 8.24. The topological polar surface area (TPSA) is 66.9 Å². The minimum absolute atomic E-state index is 0.0538. The minimum Gasteiger partial charge on any atom is -0.469 e. The molecule has 2 amide bonds. The molecule has 0 aromatic heterocycles. The number of methoxy groups -OCH3 is 1. The summed E-state index contributed by atoms with van der Waals surface area (Å²) in [5.74, 6) is -0.459. The number of carbonyl (C=O) groups is 3. The minimum atomic E-state index is -0.458. The van der Waals surface area contributed by atoms with Gasteiger partial charge in [0.1, 0.15) is 6.04 Å². The van der Waals surface area contributed by atoms with Gasteiger partial charge in [-0.1, -0.05) is 38.0 Å². The molecule has 0 bridgehead atoms. The van der Waals surface area contributed by atoms with Gasteiger partial charge in [-0.2, -0.15) is 0 Å². The standard InChI is InChI=1S/C23H32N2O4/c1-4-24(15-16(2)23(28)29-3)22(27)20-14-18-12-8-9-13-19(18)25(20)21(26)17-10-6-5-7-11-17/h5-7,10-11,16,18-20H,4,8-9,12-15H2,1-3H3. The van der Waals surface area contributed by atoms with Crippen molar-refractivity contribution in [3.8, 4) is 0 Å². The van der Waals surface area contributed by atoms with Gasteiger partial charge in [-0.05, 0) is 44.2 Å². The lowest BCUT2D eigenvalue weighted by Gasteiger charge is -2.35. The van der Waals surface area contributed by atoms with E-state index in [4.69, 9.17) is 4.74 Å². The molecule has 4 atom stereocenters. The third-order valence-corrected chi connectivity index (χ3v) is 6.42. The number of carbonyl (C=O) groups excluding carboxylic acids is 3. The number of fused-ring (bicyclic) bond motifs is 1. The van der Waals surface area contributed by atoms with Crippen LogP contribution in [0.4, 0.5) is 0 Å². The van der Waals surface area contributed by atoms with Gasteiger partial charge in [0.15, 0.2) is 0 Å². The largest absolute Gasteiger partial charge is 0.469 e. The Morgan fingerprint density at radius 3 is 2.52 bits per heavy atom. The fraction of sp³-hybridized carbons (Fsp3) is 0.609. The molecule has 6 nitrogen and oxygen atoms in total. The quantitative estimate of drug-likeness (QED) is 0.688. The van der Waals surface area contributed by atoms with Gasteiger partial charge in [0, 0.05) is 24.7 Å². The normalized spacial score (nSPS) is 24.5. The Balaban J connectivity index is 1.85. The van der Waals surface area contributed by atoms with E-state index in [1.54, 1.807) is 11.8 Å². The van der Waals surface area contributed by atoms with Crippen molar-refractivity contribution in [3.05, 3.63) is 35.9 Å². The number of hydrogen-bond donors (Lipinski definition) is 0. The zero-order valence-corrected chi connectivity index (χ0v) is 17.7. The molecule has 3 rings (SSSR count). The predicted molar refractivity (Wildman–Crippen MR) is 110 cm³/mol. The molecule has 158 valence electrons. The Morgan fingerprint density at radius 2 is 1.86 bits per heavy atom. The third-order valence-electron chi connectivity index (χ3n) is 6.42. The van der Waals surface area contributed by atoms with Gasteiger partial charge in [-0.15, -0.1) is 0 Å². The van der Waals surface area contributed by atoms with Gasteiger partial charge in [0.05, 0.1) is 13.0 Å². The molecule has 29 heavy (non-hydrogen) atoms. The lowest BCUT2D eigenvalue weighted by molar-refractivity contribution is -0.147. The summed E-state index contributed by atoms with van der Waals surface area (Å²) in [7, 11) is 1.36. The number of ether oxygens (including phenoxy) is 1. The molecule has 1 saturated heterocycles. The van der Waals surface area contributed by atoms with E-state index in [0.717, 1.165) is 25.7 Å². The lowest BCUT2D eigenvalue weighted by Crippen LogP contribution is -2.51. The molecule has 1 saturated carbocycles. The van der Waals surface area contributed by atoms with E-state index >= 15 is 0 Å². The Kier molecular flexibility index (Phi) is 6.93. The summed E-state index contributed by atoms with van der Waals surface area (Å²) in [6.45, 7) is 4.48. The first-order chi connectivity index (χ1) is 14.0. The van der Waals surface area contributed by atoms with Crippen LogP contribution in [0.5, 0.6) is 0 Å². The van der Waals surface area contributed by atoms with E-state index in [1.807, 2.05) is 42.2 Å². The van der Waals surface area contributed by atoms with Crippen LogP contribution in [-0.4, -0.2) is 59.9 Å². The smallest absolute Gasteiger partial charge is 0.310 e. The maximum atomic E-state index is 13.5. The highest BCUT2D eigenvalue weighted by Gasteiger charge is 2.48. The van der Waals surface area contributed by atoms with E-state index in [2.05, 4.69) is 0 Å². The average Bonchev–Trinajstić information content (AvgIpc) is 3.15. The van der Waals surface area contributed by atoms with Crippen molar-refractivity contribution in [2.24, 2.45) is 11.8 Å². The number of nitrogens with zero attached hydrogens (tertiary/aromatic N) is 2. The van der Waals surface area contributed by atoms with Gasteiger partial charge in [-0.3, -0.25) is 14.4 Å². The van der Waals surface area contributed by atoms with Gasteiger partial charge in [0.2, 0.25) is 5.91 Å². The number of benzene rings is 1. The van der Waals surface area contributed by atoms with Crippen molar-refractivity contribution in [3.63, 3.8) is 0 Å². The summed E-state index contributed by atoms with van der Waals surface area (Å²) in [5.41, 5.74) is 0.627. The molecule has 1 heterocycles. The van der Waals surface area contributed by atoms with E-state index in [0.29, 0.717) is 31.0 Å². The number of rotatable bonds is 6. The first-order valence-electron chi connectivity index (χ1n) is 10.7. The third kappa shape index (κ3) is 4.46. The summed E-state index contributed by atoms with van der Waals surface area (Å²) >= 11 is 0. The zero-order chi connectivity index (χ0) is 21.0. The molecule has 0 radical (unpaired) electrons. The van der Waals surface area contributed by atoms with Crippen LogP contribution in [0, 0.1) is 11.8 Å². The van der Waals surface area contributed by atoms with Crippen molar-refractivity contribution >= 4 is 17.8 Å². The number of hydrogen-bond acceptors (Lipinski definition) is 4. The van der Waals surface area contributed by atoms with Crippen LogP contribution in [0.15, 0.2) is 30.3 Å². The first kappa shape index (κ1) is 21.3. The highest BCUT2D eigenvalue weighted by Crippen LogP contribution is 2.41. The van der Waals surface area contributed by atoms with Crippen molar-refractivity contribution in [2.45, 2.75) is 58.0 Å². The molecule has 2 aliphatic rings. The predicted octanol–water partition coefficient (Wildman–Crippen LogP) is 3.12. The Labute approximate surface area is 173 Å². The second-order valence-corrected chi connectivity index (χ2v) is 8.24. The molecule has 2 fully saturated rings. The van der Waals surface area contributed by atoms with Crippen LogP contribution in [0.3, 0.4) is 0 Å². The van der Waals surface area contributed by atoms with Crippen LogP contribution in [0.2, 0.25) is 0 Å². The maximum Gasteiger partial charge on any atom is 0.310 e. The van der Waals surface area contributed by atoms with Crippen molar-refractivity contribution < 1.29 is 19.1 Å². The molecule has 1 aromatic rings. The van der Waals surface area contributed by atoms with Crippen LogP contribution in [0.25, 0.3) is 0 Å². The van der Waals surface area contributed by atoms with E-state index in [9.17, 15) is 14.4 Å². The summed E-state index contributed by atoms with van der Waals surface area (Å²) in [4.78, 5) is 42.3. The second kappa shape index (κ2) is 9.42. The summed E-state index contributed by atoms with van der Waals surface area (Å²) in [5, 5.41) is 0. The molecule has 1 aromatic carbocycles. The zero-order valence-electron chi connectivity index (χ0n) is 17.7. The van der Waals surface area contributed by atoms with Gasteiger partial charge in [0.25, 0.3) is 5.91 Å². The fourth-order valence-electron chi connectivity index (χ4n) is 4.89. The number of likely N-dealkylation sites (tertiary alicyclic amines) is 1.